The van der Waals surface area contributed by atoms with Crippen molar-refractivity contribution >= 4 is 35.1 Å². The molecule has 0 bridgehead atoms. The van der Waals surface area contributed by atoms with Crippen molar-refractivity contribution < 1.29 is 28.2 Å². The molecule has 2 aromatic carbocycles. The third kappa shape index (κ3) is 4.64. The Bertz CT molecular complexity index is 1110. The van der Waals surface area contributed by atoms with Crippen molar-refractivity contribution in [3.05, 3.63) is 63.1 Å². The van der Waals surface area contributed by atoms with Crippen LogP contribution in [0.3, 0.4) is 0 Å². The first kappa shape index (κ1) is 24.5. The van der Waals surface area contributed by atoms with E-state index in [0.717, 1.165) is 17.7 Å². The van der Waals surface area contributed by atoms with E-state index in [1.165, 1.54) is 12.0 Å². The fourth-order valence-electron chi connectivity index (χ4n) is 4.38. The van der Waals surface area contributed by atoms with Gasteiger partial charge < -0.3 is 25.4 Å². The second kappa shape index (κ2) is 9.56. The summed E-state index contributed by atoms with van der Waals surface area (Å²) in [5, 5.41) is 15.5. The molecule has 3 N–H and O–H groups in total. The summed E-state index contributed by atoms with van der Waals surface area (Å²) in [4.78, 5) is 27.2. The average Bonchev–Trinajstić information content (AvgIpc) is 3.51. The molecule has 2 fully saturated rings. The van der Waals surface area contributed by atoms with Crippen LogP contribution < -0.4 is 15.4 Å². The number of amides is 3. The molecule has 1 heterocycles. The molecule has 1 aliphatic heterocycles. The first-order chi connectivity index (χ1) is 16.2. The SMILES string of the molecule is COc1cc(F)c([C@@H]2CN(CCO)C(=O)[C@H]2NC(=O)NC2(c3ccc(Cl)c(Cl)c3)CC2)c(F)c1. The van der Waals surface area contributed by atoms with Crippen molar-refractivity contribution in [3.8, 4) is 5.75 Å². The van der Waals surface area contributed by atoms with Crippen LogP contribution in [0.25, 0.3) is 0 Å². The van der Waals surface area contributed by atoms with Crippen LogP contribution in [0.1, 0.15) is 29.9 Å². The fraction of sp³-hybridized carbons (Fsp3) is 0.391. The maximum atomic E-state index is 14.8. The van der Waals surface area contributed by atoms with E-state index >= 15 is 0 Å². The monoisotopic (exact) mass is 513 g/mol. The first-order valence-electron chi connectivity index (χ1n) is 10.7. The Morgan fingerprint density at radius 1 is 1.21 bits per heavy atom. The zero-order chi connectivity index (χ0) is 24.6. The number of ether oxygens (including phenoxy) is 1. The van der Waals surface area contributed by atoms with Crippen molar-refractivity contribution in [3.63, 3.8) is 0 Å². The van der Waals surface area contributed by atoms with Crippen LogP contribution in [-0.2, 0) is 10.3 Å². The molecule has 0 spiro atoms. The van der Waals surface area contributed by atoms with Crippen molar-refractivity contribution in [2.45, 2.75) is 30.3 Å². The Kier molecular flexibility index (Phi) is 6.89. The Morgan fingerprint density at radius 2 is 1.88 bits per heavy atom. The summed E-state index contributed by atoms with van der Waals surface area (Å²) in [6, 6.07) is 5.23. The minimum Gasteiger partial charge on any atom is -0.497 e. The number of aliphatic hydroxyl groups is 1. The summed E-state index contributed by atoms with van der Waals surface area (Å²) in [5.41, 5.74) is -0.234. The maximum Gasteiger partial charge on any atom is 0.316 e. The van der Waals surface area contributed by atoms with Crippen LogP contribution in [0.5, 0.6) is 5.75 Å². The van der Waals surface area contributed by atoms with Crippen molar-refractivity contribution in [1.29, 1.82) is 0 Å². The summed E-state index contributed by atoms with van der Waals surface area (Å²) in [6.45, 7) is -0.421. The van der Waals surface area contributed by atoms with Crippen molar-refractivity contribution in [2.75, 3.05) is 26.8 Å². The van der Waals surface area contributed by atoms with Crippen LogP contribution in [0, 0.1) is 11.6 Å². The number of carbonyl (C=O) groups is 2. The van der Waals surface area contributed by atoms with Gasteiger partial charge in [0.25, 0.3) is 0 Å². The number of carbonyl (C=O) groups excluding carboxylic acids is 2. The summed E-state index contributed by atoms with van der Waals surface area (Å²) in [6.07, 6.45) is 1.30. The fourth-order valence-corrected chi connectivity index (χ4v) is 4.67. The smallest absolute Gasteiger partial charge is 0.316 e. The zero-order valence-corrected chi connectivity index (χ0v) is 19.7. The molecule has 34 heavy (non-hydrogen) atoms. The Morgan fingerprint density at radius 3 is 2.44 bits per heavy atom. The van der Waals surface area contributed by atoms with Gasteiger partial charge in [-0.15, -0.1) is 0 Å². The van der Waals surface area contributed by atoms with Gasteiger partial charge in [-0.25, -0.2) is 13.6 Å². The molecule has 182 valence electrons. The van der Waals surface area contributed by atoms with Gasteiger partial charge in [0.15, 0.2) is 0 Å². The highest BCUT2D eigenvalue weighted by Gasteiger charge is 2.48. The van der Waals surface area contributed by atoms with Crippen LogP contribution in [0.4, 0.5) is 13.6 Å². The number of aliphatic hydroxyl groups excluding tert-OH is 1. The minimum atomic E-state index is -1.23. The van der Waals surface area contributed by atoms with Gasteiger partial charge in [0.05, 0.1) is 29.3 Å². The average molecular weight is 514 g/mol. The zero-order valence-electron chi connectivity index (χ0n) is 18.2. The van der Waals surface area contributed by atoms with Gasteiger partial charge in [-0.05, 0) is 30.5 Å². The number of nitrogens with zero attached hydrogens (tertiary/aromatic N) is 1. The van der Waals surface area contributed by atoms with Gasteiger partial charge in [-0.3, -0.25) is 4.79 Å². The molecule has 2 aromatic rings. The predicted octanol–water partition coefficient (Wildman–Crippen LogP) is 3.56. The molecule has 2 aliphatic rings. The molecule has 3 amide bonds. The predicted molar refractivity (Wildman–Crippen MR) is 122 cm³/mol. The van der Waals surface area contributed by atoms with E-state index in [4.69, 9.17) is 27.9 Å². The number of halogens is 4. The number of methoxy groups -OCH3 is 1. The molecule has 0 radical (unpaired) electrons. The van der Waals surface area contributed by atoms with E-state index in [0.29, 0.717) is 22.9 Å². The van der Waals surface area contributed by atoms with Gasteiger partial charge in [0.2, 0.25) is 5.91 Å². The minimum absolute atomic E-state index is 0.00478. The quantitative estimate of drug-likeness (QED) is 0.527. The van der Waals surface area contributed by atoms with Crippen LogP contribution >= 0.6 is 23.2 Å². The number of hydrogen-bond donors (Lipinski definition) is 3. The molecule has 1 saturated heterocycles. The number of nitrogens with one attached hydrogen (secondary N) is 2. The lowest BCUT2D eigenvalue weighted by Crippen LogP contribution is -2.50. The molecular weight excluding hydrogens is 491 g/mol. The number of likely N-dealkylation sites (tertiary alicyclic amines) is 1. The van der Waals surface area contributed by atoms with E-state index in [-0.39, 0.29) is 31.0 Å². The molecule has 11 heteroatoms. The Balaban J connectivity index is 1.57. The first-order valence-corrected chi connectivity index (χ1v) is 11.4. The molecule has 2 atom stereocenters. The summed E-state index contributed by atoms with van der Waals surface area (Å²) < 4.78 is 34.5. The topological polar surface area (TPSA) is 90.9 Å². The lowest BCUT2D eigenvalue weighted by atomic mass is 9.92. The summed E-state index contributed by atoms with van der Waals surface area (Å²) in [7, 11) is 1.28. The van der Waals surface area contributed by atoms with Gasteiger partial charge in [-0.1, -0.05) is 29.3 Å². The lowest BCUT2D eigenvalue weighted by Gasteiger charge is -2.23. The van der Waals surface area contributed by atoms with E-state index < -0.39 is 41.1 Å². The largest absolute Gasteiger partial charge is 0.497 e. The van der Waals surface area contributed by atoms with E-state index in [1.807, 2.05) is 0 Å². The van der Waals surface area contributed by atoms with E-state index in [2.05, 4.69) is 10.6 Å². The Labute approximate surface area is 205 Å². The molecular formula is C23H23Cl2F2N3O4. The standard InChI is InChI=1S/C23H23Cl2F2N3O4/c1-34-13-9-17(26)19(18(27)10-13)14-11-30(6-7-31)21(32)20(14)28-22(33)29-23(4-5-23)12-2-3-15(24)16(25)8-12/h2-3,8-10,14,20,31H,4-7,11H2,1H3,(H2,28,29,33)/t14-,20-/m0/s1. The lowest BCUT2D eigenvalue weighted by molar-refractivity contribution is -0.129. The van der Waals surface area contributed by atoms with Crippen molar-refractivity contribution in [2.24, 2.45) is 0 Å². The van der Waals surface area contributed by atoms with E-state index in [1.54, 1.807) is 18.2 Å². The number of rotatable bonds is 7. The molecule has 1 aliphatic carbocycles. The number of urea groups is 1. The number of hydrogen-bond acceptors (Lipinski definition) is 4. The molecule has 4 rings (SSSR count). The molecule has 0 aromatic heterocycles. The maximum absolute atomic E-state index is 14.8. The number of benzene rings is 2. The van der Waals surface area contributed by atoms with E-state index in [9.17, 15) is 23.5 Å². The van der Waals surface area contributed by atoms with Crippen LogP contribution in [0.15, 0.2) is 30.3 Å². The molecule has 7 nitrogen and oxygen atoms in total. The van der Waals surface area contributed by atoms with Gasteiger partial charge >= 0.3 is 6.03 Å². The molecule has 0 unspecified atom stereocenters. The van der Waals surface area contributed by atoms with Crippen molar-refractivity contribution in [1.82, 2.24) is 15.5 Å². The number of β-amino-alcohol motifs (C(OH)–C–C–N with tert-alkyl or cyclic N) is 1. The van der Waals surface area contributed by atoms with Gasteiger partial charge in [0.1, 0.15) is 23.4 Å². The highest BCUT2D eigenvalue weighted by Crippen LogP contribution is 2.46. The second-order valence-electron chi connectivity index (χ2n) is 8.41. The normalized spacial score (nSPS) is 20.9. The second-order valence-corrected chi connectivity index (χ2v) is 9.22. The highest BCUT2D eigenvalue weighted by atomic mass is 35.5. The van der Waals surface area contributed by atoms with Crippen LogP contribution in [-0.4, -0.2) is 54.8 Å². The third-order valence-electron chi connectivity index (χ3n) is 6.29. The van der Waals surface area contributed by atoms with Gasteiger partial charge in [0, 0.05) is 36.7 Å². The Hall–Kier alpha value is -2.62. The highest BCUT2D eigenvalue weighted by molar-refractivity contribution is 6.42. The summed E-state index contributed by atoms with van der Waals surface area (Å²) >= 11 is 12.1. The van der Waals surface area contributed by atoms with Crippen LogP contribution in [0.2, 0.25) is 10.0 Å². The van der Waals surface area contributed by atoms with Gasteiger partial charge in [-0.2, -0.15) is 0 Å². The summed E-state index contributed by atoms with van der Waals surface area (Å²) in [5.74, 6) is -3.32. The molecule has 1 saturated carbocycles. The third-order valence-corrected chi connectivity index (χ3v) is 7.03.